The maximum absolute atomic E-state index is 12.9. The van der Waals surface area contributed by atoms with Crippen LogP contribution in [0.5, 0.6) is 0 Å². The Labute approximate surface area is 166 Å². The summed E-state index contributed by atoms with van der Waals surface area (Å²) in [5.74, 6) is 0.674. The molecule has 0 spiro atoms. The number of anilines is 2. The molecule has 7 nitrogen and oxygen atoms in total. The molecule has 0 bridgehead atoms. The fourth-order valence-corrected chi connectivity index (χ4v) is 3.85. The molecule has 2 aliphatic heterocycles. The topological polar surface area (TPSA) is 55.8 Å². The molecule has 1 aromatic heterocycles. The Balaban J connectivity index is 1.38. The van der Waals surface area contributed by atoms with E-state index in [1.165, 1.54) is 5.69 Å². The molecule has 4 rings (SSSR count). The predicted octanol–water partition coefficient (Wildman–Crippen LogP) is 1.58. The fraction of sp³-hybridized carbons (Fsp3) is 0.476. The highest BCUT2D eigenvalue weighted by Crippen LogP contribution is 2.18. The molecule has 0 radical (unpaired) electrons. The van der Waals surface area contributed by atoms with Crippen molar-refractivity contribution >= 4 is 17.5 Å². The van der Waals surface area contributed by atoms with Gasteiger partial charge in [-0.3, -0.25) is 4.79 Å². The van der Waals surface area contributed by atoms with Crippen molar-refractivity contribution in [3.8, 4) is 0 Å². The van der Waals surface area contributed by atoms with Gasteiger partial charge in [-0.1, -0.05) is 25.1 Å². The second-order valence-electron chi connectivity index (χ2n) is 7.28. The van der Waals surface area contributed by atoms with E-state index < -0.39 is 0 Å². The number of piperazine rings is 2. The number of amides is 1. The van der Waals surface area contributed by atoms with Crippen LogP contribution >= 0.6 is 0 Å². The van der Waals surface area contributed by atoms with Crippen molar-refractivity contribution in [2.24, 2.45) is 0 Å². The summed E-state index contributed by atoms with van der Waals surface area (Å²) in [6, 6.07) is 12.2. The van der Waals surface area contributed by atoms with Gasteiger partial charge in [-0.2, -0.15) is 0 Å². The number of nitrogens with zero attached hydrogens (tertiary/aromatic N) is 6. The maximum atomic E-state index is 12.9. The highest BCUT2D eigenvalue weighted by Gasteiger charge is 2.24. The number of hydrogen-bond acceptors (Lipinski definition) is 6. The molecule has 0 unspecified atom stereocenters. The fourth-order valence-electron chi connectivity index (χ4n) is 3.85. The van der Waals surface area contributed by atoms with E-state index in [-0.39, 0.29) is 5.91 Å². The lowest BCUT2D eigenvalue weighted by Crippen LogP contribution is -2.49. The second-order valence-corrected chi connectivity index (χ2v) is 7.28. The molecule has 0 N–H and O–H groups in total. The Morgan fingerprint density at radius 2 is 1.57 bits per heavy atom. The molecule has 148 valence electrons. The van der Waals surface area contributed by atoms with Crippen molar-refractivity contribution < 1.29 is 4.79 Å². The van der Waals surface area contributed by atoms with Crippen LogP contribution in [0.2, 0.25) is 0 Å². The van der Waals surface area contributed by atoms with Crippen LogP contribution in [-0.2, 0) is 0 Å². The molecule has 2 aromatic rings. The van der Waals surface area contributed by atoms with E-state index in [0.717, 1.165) is 58.9 Å². The number of carbonyl (C=O) groups is 1. The van der Waals surface area contributed by atoms with Crippen molar-refractivity contribution in [2.45, 2.75) is 6.92 Å². The quantitative estimate of drug-likeness (QED) is 0.803. The van der Waals surface area contributed by atoms with Crippen LogP contribution in [-0.4, -0.2) is 84.6 Å². The molecule has 28 heavy (non-hydrogen) atoms. The number of aromatic nitrogens is 2. The molecule has 0 atom stereocenters. The summed E-state index contributed by atoms with van der Waals surface area (Å²) in [6.07, 6.45) is 1.71. The number of hydrogen-bond donors (Lipinski definition) is 0. The van der Waals surface area contributed by atoms with Crippen molar-refractivity contribution in [1.29, 1.82) is 0 Å². The maximum Gasteiger partial charge on any atom is 0.272 e. The average Bonchev–Trinajstić information content (AvgIpc) is 2.79. The van der Waals surface area contributed by atoms with Crippen LogP contribution < -0.4 is 9.80 Å². The third kappa shape index (κ3) is 4.09. The lowest BCUT2D eigenvalue weighted by Gasteiger charge is -2.36. The zero-order valence-electron chi connectivity index (χ0n) is 16.5. The highest BCUT2D eigenvalue weighted by molar-refractivity contribution is 5.92. The molecule has 2 aliphatic rings. The molecule has 2 fully saturated rings. The van der Waals surface area contributed by atoms with Crippen molar-refractivity contribution in [3.63, 3.8) is 0 Å². The minimum atomic E-state index is 0.0160. The first kappa shape index (κ1) is 18.7. The summed E-state index contributed by atoms with van der Waals surface area (Å²) >= 11 is 0. The van der Waals surface area contributed by atoms with Crippen molar-refractivity contribution in [1.82, 2.24) is 19.8 Å². The van der Waals surface area contributed by atoms with Gasteiger partial charge in [0.15, 0.2) is 0 Å². The van der Waals surface area contributed by atoms with Gasteiger partial charge in [0, 0.05) is 64.2 Å². The van der Waals surface area contributed by atoms with Crippen LogP contribution in [0, 0.1) is 0 Å². The SMILES string of the molecule is CCN1CCN(C(=O)c2ccnc(N3CCN(c4ccccc4)CC3)n2)CC1. The number of rotatable bonds is 4. The smallest absolute Gasteiger partial charge is 0.272 e. The van der Waals surface area contributed by atoms with Gasteiger partial charge in [0.1, 0.15) is 5.69 Å². The summed E-state index contributed by atoms with van der Waals surface area (Å²) in [4.78, 5) is 30.7. The van der Waals surface area contributed by atoms with E-state index in [0.29, 0.717) is 11.6 Å². The summed E-state index contributed by atoms with van der Waals surface area (Å²) in [7, 11) is 0. The Morgan fingerprint density at radius 1 is 0.893 bits per heavy atom. The Morgan fingerprint density at radius 3 is 2.25 bits per heavy atom. The van der Waals surface area contributed by atoms with Crippen LogP contribution in [0.1, 0.15) is 17.4 Å². The van der Waals surface area contributed by atoms with Crippen LogP contribution in [0.25, 0.3) is 0 Å². The molecule has 2 saturated heterocycles. The van der Waals surface area contributed by atoms with Crippen molar-refractivity contribution in [3.05, 3.63) is 48.3 Å². The summed E-state index contributed by atoms with van der Waals surface area (Å²) < 4.78 is 0. The zero-order valence-corrected chi connectivity index (χ0v) is 16.5. The molecular weight excluding hydrogens is 352 g/mol. The number of para-hydroxylation sites is 1. The summed E-state index contributed by atoms with van der Waals surface area (Å²) in [6.45, 7) is 10.1. The van der Waals surface area contributed by atoms with Gasteiger partial charge in [0.25, 0.3) is 5.91 Å². The molecule has 0 saturated carbocycles. The molecular formula is C21H28N6O. The summed E-state index contributed by atoms with van der Waals surface area (Å²) in [5, 5.41) is 0. The highest BCUT2D eigenvalue weighted by atomic mass is 16.2. The van der Waals surface area contributed by atoms with E-state index in [1.54, 1.807) is 12.3 Å². The first-order valence-corrected chi connectivity index (χ1v) is 10.1. The summed E-state index contributed by atoms with van der Waals surface area (Å²) in [5.41, 5.74) is 1.75. The molecule has 3 heterocycles. The van der Waals surface area contributed by atoms with E-state index in [4.69, 9.17) is 0 Å². The molecule has 1 aromatic carbocycles. The predicted molar refractivity (Wildman–Crippen MR) is 111 cm³/mol. The average molecular weight is 380 g/mol. The second kappa shape index (κ2) is 8.56. The largest absolute Gasteiger partial charge is 0.368 e. The Hall–Kier alpha value is -2.67. The number of carbonyl (C=O) groups excluding carboxylic acids is 1. The minimum absolute atomic E-state index is 0.0160. The van der Waals surface area contributed by atoms with Gasteiger partial charge in [0.2, 0.25) is 5.95 Å². The van der Waals surface area contributed by atoms with E-state index in [9.17, 15) is 4.79 Å². The number of benzene rings is 1. The normalized spacial score (nSPS) is 18.4. The first-order valence-electron chi connectivity index (χ1n) is 10.1. The van der Waals surface area contributed by atoms with Crippen molar-refractivity contribution in [2.75, 3.05) is 68.7 Å². The van der Waals surface area contributed by atoms with Gasteiger partial charge >= 0.3 is 0 Å². The van der Waals surface area contributed by atoms with E-state index >= 15 is 0 Å². The first-order chi connectivity index (χ1) is 13.7. The van der Waals surface area contributed by atoms with Crippen LogP contribution in [0.4, 0.5) is 11.6 Å². The van der Waals surface area contributed by atoms with E-state index in [2.05, 4.69) is 55.9 Å². The zero-order chi connectivity index (χ0) is 19.3. The molecule has 0 aliphatic carbocycles. The molecule has 7 heteroatoms. The lowest BCUT2D eigenvalue weighted by molar-refractivity contribution is 0.0637. The van der Waals surface area contributed by atoms with Gasteiger partial charge in [-0.15, -0.1) is 0 Å². The Kier molecular flexibility index (Phi) is 5.71. The van der Waals surface area contributed by atoms with Crippen LogP contribution in [0.3, 0.4) is 0 Å². The third-order valence-corrected chi connectivity index (χ3v) is 5.65. The van der Waals surface area contributed by atoms with Crippen LogP contribution in [0.15, 0.2) is 42.6 Å². The third-order valence-electron chi connectivity index (χ3n) is 5.65. The minimum Gasteiger partial charge on any atom is -0.368 e. The van der Waals surface area contributed by atoms with Gasteiger partial charge < -0.3 is 19.6 Å². The van der Waals surface area contributed by atoms with Gasteiger partial charge in [-0.05, 0) is 24.7 Å². The Bertz CT molecular complexity index is 782. The van der Waals surface area contributed by atoms with E-state index in [1.807, 2.05) is 11.0 Å². The van der Waals surface area contributed by atoms with Gasteiger partial charge in [0.05, 0.1) is 0 Å². The standard InChI is InChI=1S/C21H28N6O/c1-2-24-10-12-26(13-11-24)20(28)19-8-9-22-21(23-19)27-16-14-25(15-17-27)18-6-4-3-5-7-18/h3-9H,2,10-17H2,1H3. The number of likely N-dealkylation sites (N-methyl/N-ethyl adjacent to an activating group) is 1. The monoisotopic (exact) mass is 380 g/mol. The lowest BCUT2D eigenvalue weighted by atomic mass is 10.2. The molecule has 1 amide bonds. The van der Waals surface area contributed by atoms with Gasteiger partial charge in [-0.25, -0.2) is 9.97 Å².